The number of ether oxygens (including phenoxy) is 1. The molecule has 0 heterocycles. The molecule has 0 saturated heterocycles. The second kappa shape index (κ2) is 10.2. The van der Waals surface area contributed by atoms with Gasteiger partial charge in [0.15, 0.2) is 0 Å². The molecule has 0 saturated carbocycles. The maximum absolute atomic E-state index is 11.6. The molecule has 0 fully saturated rings. The Morgan fingerprint density at radius 1 is 0.955 bits per heavy atom. The van der Waals surface area contributed by atoms with E-state index in [2.05, 4.69) is 0 Å². The molecule has 0 atom stereocenters. The van der Waals surface area contributed by atoms with Crippen LogP contribution in [0.25, 0.3) is 0 Å². The largest absolute Gasteiger partial charge is 0.466 e. The van der Waals surface area contributed by atoms with Crippen molar-refractivity contribution in [2.45, 2.75) is 91.6 Å². The summed E-state index contributed by atoms with van der Waals surface area (Å²) in [6, 6.07) is 0. The molecule has 0 aromatic heterocycles. The molecule has 0 aromatic carbocycles. The molecule has 0 amide bonds. The minimum atomic E-state index is -0.794. The topological polar surface area (TPSA) is 63.2 Å². The predicted molar refractivity (Wildman–Crippen MR) is 82.7 cm³/mol. The van der Waals surface area contributed by atoms with Crippen molar-refractivity contribution in [2.24, 2.45) is 0 Å². The van der Waals surface area contributed by atoms with Gasteiger partial charge in [-0.25, -0.2) is 19.6 Å². The van der Waals surface area contributed by atoms with Crippen LogP contribution in [0.2, 0.25) is 0 Å². The lowest BCUT2D eigenvalue weighted by molar-refractivity contribution is -0.497. The lowest BCUT2D eigenvalue weighted by atomic mass is 10.2. The Kier molecular flexibility index (Phi) is 9.84. The fourth-order valence-corrected chi connectivity index (χ4v) is 1.15. The van der Waals surface area contributed by atoms with Crippen LogP contribution in [0.15, 0.2) is 0 Å². The van der Waals surface area contributed by atoms with E-state index in [1.807, 2.05) is 48.5 Å². The lowest BCUT2D eigenvalue weighted by Gasteiger charge is -2.25. The molecule has 132 valence electrons. The van der Waals surface area contributed by atoms with Crippen molar-refractivity contribution in [3.05, 3.63) is 0 Å². The van der Waals surface area contributed by atoms with E-state index in [-0.39, 0.29) is 18.8 Å². The standard InChI is InChI=1S/C16H32O6/c1-8-9-12-18-13(17)10-11-14(19-21-15(2,3)4)20-22-16(5,6)7/h14H,8-12H2,1-7H3. The smallest absolute Gasteiger partial charge is 0.305 e. The molecule has 0 bridgehead atoms. The Bertz CT molecular complexity index is 285. The van der Waals surface area contributed by atoms with Crippen LogP contribution in [0.5, 0.6) is 0 Å². The van der Waals surface area contributed by atoms with E-state index in [0.717, 1.165) is 12.8 Å². The number of rotatable bonds is 10. The highest BCUT2D eigenvalue weighted by Gasteiger charge is 2.22. The van der Waals surface area contributed by atoms with Crippen molar-refractivity contribution in [3.8, 4) is 0 Å². The van der Waals surface area contributed by atoms with Gasteiger partial charge in [0.2, 0.25) is 6.29 Å². The van der Waals surface area contributed by atoms with Crippen LogP contribution in [-0.4, -0.2) is 30.1 Å². The van der Waals surface area contributed by atoms with Gasteiger partial charge < -0.3 is 4.74 Å². The van der Waals surface area contributed by atoms with Gasteiger partial charge in [0.25, 0.3) is 0 Å². The maximum atomic E-state index is 11.6. The number of esters is 1. The van der Waals surface area contributed by atoms with Crippen LogP contribution in [0, 0.1) is 0 Å². The molecule has 6 nitrogen and oxygen atoms in total. The van der Waals surface area contributed by atoms with Gasteiger partial charge in [-0.3, -0.25) is 4.79 Å². The Labute approximate surface area is 134 Å². The summed E-state index contributed by atoms with van der Waals surface area (Å²) in [5, 5.41) is 0. The van der Waals surface area contributed by atoms with Crippen molar-refractivity contribution in [3.63, 3.8) is 0 Å². The maximum Gasteiger partial charge on any atom is 0.305 e. The number of carbonyl (C=O) groups excluding carboxylic acids is 1. The van der Waals surface area contributed by atoms with Gasteiger partial charge in [0.05, 0.1) is 24.2 Å². The third-order valence-corrected chi connectivity index (χ3v) is 2.16. The van der Waals surface area contributed by atoms with Crippen LogP contribution < -0.4 is 0 Å². The fourth-order valence-electron chi connectivity index (χ4n) is 1.15. The van der Waals surface area contributed by atoms with E-state index < -0.39 is 17.5 Å². The number of hydrogen-bond donors (Lipinski definition) is 0. The van der Waals surface area contributed by atoms with E-state index in [1.54, 1.807) is 0 Å². The Morgan fingerprint density at radius 2 is 1.45 bits per heavy atom. The number of carbonyl (C=O) groups is 1. The van der Waals surface area contributed by atoms with Crippen LogP contribution in [-0.2, 0) is 29.1 Å². The molecule has 0 radical (unpaired) electrons. The van der Waals surface area contributed by atoms with Crippen LogP contribution in [0.1, 0.15) is 74.1 Å². The van der Waals surface area contributed by atoms with Gasteiger partial charge in [0, 0.05) is 6.42 Å². The normalized spacial score (nSPS) is 12.7. The monoisotopic (exact) mass is 320 g/mol. The molecule has 0 rings (SSSR count). The van der Waals surface area contributed by atoms with Gasteiger partial charge in [-0.2, -0.15) is 0 Å². The molecule has 0 unspecified atom stereocenters. The molecule has 0 aliphatic rings. The van der Waals surface area contributed by atoms with Gasteiger partial charge >= 0.3 is 5.97 Å². The molecular weight excluding hydrogens is 288 g/mol. The first-order chi connectivity index (χ1) is 10.0. The number of hydrogen-bond acceptors (Lipinski definition) is 6. The molecular formula is C16H32O6. The van der Waals surface area contributed by atoms with Crippen LogP contribution in [0.4, 0.5) is 0 Å². The lowest BCUT2D eigenvalue weighted by Crippen LogP contribution is -2.30. The van der Waals surface area contributed by atoms with Crippen molar-refractivity contribution < 1.29 is 29.1 Å². The summed E-state index contributed by atoms with van der Waals surface area (Å²) in [5.41, 5.74) is -0.962. The van der Waals surface area contributed by atoms with Gasteiger partial charge in [-0.15, -0.1) is 0 Å². The fraction of sp³-hybridized carbons (Fsp3) is 0.938. The molecule has 0 aliphatic carbocycles. The average Bonchev–Trinajstić information content (AvgIpc) is 2.35. The van der Waals surface area contributed by atoms with Crippen LogP contribution >= 0.6 is 0 Å². The van der Waals surface area contributed by atoms with Crippen LogP contribution in [0.3, 0.4) is 0 Å². The Balaban J connectivity index is 4.24. The third-order valence-electron chi connectivity index (χ3n) is 2.16. The summed E-state index contributed by atoms with van der Waals surface area (Å²) >= 11 is 0. The van der Waals surface area contributed by atoms with Gasteiger partial charge in [0.1, 0.15) is 0 Å². The summed E-state index contributed by atoms with van der Waals surface area (Å²) in [6.07, 6.45) is 1.52. The summed E-state index contributed by atoms with van der Waals surface area (Å²) in [5.74, 6) is -0.280. The summed E-state index contributed by atoms with van der Waals surface area (Å²) in [7, 11) is 0. The first-order valence-electron chi connectivity index (χ1n) is 7.88. The third kappa shape index (κ3) is 14.3. The number of unbranched alkanes of at least 4 members (excludes halogenated alkanes) is 1. The van der Waals surface area contributed by atoms with Crippen molar-refractivity contribution in [1.82, 2.24) is 0 Å². The Hall–Kier alpha value is -0.690. The highest BCUT2D eigenvalue weighted by Crippen LogP contribution is 2.16. The van der Waals surface area contributed by atoms with E-state index in [9.17, 15) is 4.79 Å². The summed E-state index contributed by atoms with van der Waals surface area (Å²) in [4.78, 5) is 32.5. The van der Waals surface area contributed by atoms with E-state index in [4.69, 9.17) is 24.3 Å². The Morgan fingerprint density at radius 3 is 1.86 bits per heavy atom. The molecule has 0 spiro atoms. The first-order valence-corrected chi connectivity index (χ1v) is 7.88. The zero-order valence-corrected chi connectivity index (χ0v) is 15.1. The molecule has 0 N–H and O–H groups in total. The molecule has 0 aromatic rings. The molecule has 22 heavy (non-hydrogen) atoms. The predicted octanol–water partition coefficient (Wildman–Crippen LogP) is 3.93. The van der Waals surface area contributed by atoms with Gasteiger partial charge in [-0.05, 0) is 48.0 Å². The zero-order valence-electron chi connectivity index (χ0n) is 15.1. The second-order valence-corrected chi connectivity index (χ2v) is 7.13. The summed E-state index contributed by atoms with van der Waals surface area (Å²) < 4.78 is 5.09. The molecule has 0 aliphatic heterocycles. The highest BCUT2D eigenvalue weighted by atomic mass is 17.3. The average molecular weight is 320 g/mol. The highest BCUT2D eigenvalue weighted by molar-refractivity contribution is 5.69. The minimum absolute atomic E-state index is 0.176. The minimum Gasteiger partial charge on any atom is -0.466 e. The zero-order chi connectivity index (χ0) is 17.2. The van der Waals surface area contributed by atoms with Crippen molar-refractivity contribution in [2.75, 3.05) is 6.61 Å². The summed E-state index contributed by atoms with van der Waals surface area (Å²) in [6.45, 7) is 13.6. The quantitative estimate of drug-likeness (QED) is 0.200. The van der Waals surface area contributed by atoms with Crippen molar-refractivity contribution >= 4 is 5.97 Å². The second-order valence-electron chi connectivity index (χ2n) is 7.13. The molecule has 6 heteroatoms. The van der Waals surface area contributed by atoms with Gasteiger partial charge in [-0.1, -0.05) is 13.3 Å². The SMILES string of the molecule is CCCCOC(=O)CCC(OOC(C)(C)C)OOC(C)(C)C. The van der Waals surface area contributed by atoms with E-state index in [0.29, 0.717) is 6.61 Å². The van der Waals surface area contributed by atoms with E-state index >= 15 is 0 Å². The van der Waals surface area contributed by atoms with E-state index in [1.165, 1.54) is 0 Å². The van der Waals surface area contributed by atoms with Crippen molar-refractivity contribution in [1.29, 1.82) is 0 Å². The first kappa shape index (κ1) is 21.3.